The number of benzene rings is 1. The number of carbonyl (C=O) groups excluding carboxylic acids is 1. The van der Waals surface area contributed by atoms with E-state index >= 15 is 0 Å². The molecule has 2 atom stereocenters. The van der Waals surface area contributed by atoms with E-state index in [0.717, 1.165) is 30.7 Å². The molecule has 2 heterocycles. The predicted octanol–water partition coefficient (Wildman–Crippen LogP) is 1.15. The number of piperidine rings is 1. The van der Waals surface area contributed by atoms with Crippen molar-refractivity contribution in [2.24, 2.45) is 0 Å². The minimum absolute atomic E-state index is 0.0821. The van der Waals surface area contributed by atoms with Crippen molar-refractivity contribution in [2.45, 2.75) is 24.9 Å². The first-order chi connectivity index (χ1) is 8.75. The number of para-hydroxylation sites is 1. The van der Waals surface area contributed by atoms with Gasteiger partial charge in [-0.1, -0.05) is 18.2 Å². The molecule has 1 unspecified atom stereocenters. The first kappa shape index (κ1) is 11.5. The Labute approximate surface area is 106 Å². The van der Waals surface area contributed by atoms with Gasteiger partial charge in [-0.25, -0.2) is 0 Å². The molecule has 1 amide bonds. The van der Waals surface area contributed by atoms with Crippen molar-refractivity contribution in [1.29, 1.82) is 0 Å². The molecule has 4 heteroatoms. The summed E-state index contributed by atoms with van der Waals surface area (Å²) in [5.74, 6) is 0.693. The Balaban J connectivity index is 1.78. The van der Waals surface area contributed by atoms with Crippen molar-refractivity contribution in [3.63, 3.8) is 0 Å². The number of carbonyl (C=O) groups is 1. The molecule has 2 aliphatic heterocycles. The number of likely N-dealkylation sites (tertiary alicyclic amines) is 1. The Kier molecular flexibility index (Phi) is 2.96. The lowest BCUT2D eigenvalue weighted by Crippen LogP contribution is -2.44. The highest BCUT2D eigenvalue weighted by Crippen LogP contribution is 2.35. The minimum atomic E-state index is -0.375. The monoisotopic (exact) mass is 247 g/mol. The van der Waals surface area contributed by atoms with E-state index in [1.165, 1.54) is 0 Å². The number of amides is 1. The molecule has 0 saturated carbocycles. The first-order valence-electron chi connectivity index (χ1n) is 6.44. The predicted molar refractivity (Wildman–Crippen MR) is 66.5 cm³/mol. The van der Waals surface area contributed by atoms with Gasteiger partial charge in [-0.3, -0.25) is 4.79 Å². The van der Waals surface area contributed by atoms with Crippen molar-refractivity contribution in [2.75, 3.05) is 19.7 Å². The highest BCUT2D eigenvalue weighted by molar-refractivity contribution is 5.85. The lowest BCUT2D eigenvalue weighted by molar-refractivity contribution is -0.136. The molecule has 0 spiro atoms. The zero-order valence-electron chi connectivity index (χ0n) is 10.2. The van der Waals surface area contributed by atoms with E-state index in [1.807, 2.05) is 24.3 Å². The lowest BCUT2D eigenvalue weighted by atomic mass is 9.98. The molecule has 96 valence electrons. The van der Waals surface area contributed by atoms with Crippen LogP contribution in [0.2, 0.25) is 0 Å². The van der Waals surface area contributed by atoms with Crippen LogP contribution in [-0.2, 0) is 4.79 Å². The maximum absolute atomic E-state index is 12.4. The fourth-order valence-corrected chi connectivity index (χ4v) is 2.74. The molecule has 0 aromatic heterocycles. The van der Waals surface area contributed by atoms with Gasteiger partial charge in [0.15, 0.2) is 0 Å². The maximum Gasteiger partial charge on any atom is 0.233 e. The molecule has 0 aliphatic carbocycles. The molecule has 1 aromatic rings. The Bertz CT molecular complexity index is 460. The van der Waals surface area contributed by atoms with E-state index in [0.29, 0.717) is 13.2 Å². The third-order valence-electron chi connectivity index (χ3n) is 3.71. The Morgan fingerprint density at radius 1 is 1.39 bits per heavy atom. The standard InChI is InChI=1S/C14H17NO3/c16-10-4-3-7-15(8-10)14(17)12-9-18-13-6-2-1-5-11(12)13/h1-2,5-6,10,12,16H,3-4,7-9H2/t10-,12?/m0/s1. The quantitative estimate of drug-likeness (QED) is 0.809. The Hall–Kier alpha value is -1.55. The van der Waals surface area contributed by atoms with Gasteiger partial charge in [-0.15, -0.1) is 0 Å². The van der Waals surface area contributed by atoms with Gasteiger partial charge in [0.1, 0.15) is 18.3 Å². The van der Waals surface area contributed by atoms with Crippen LogP contribution in [0.4, 0.5) is 0 Å². The van der Waals surface area contributed by atoms with Crippen molar-refractivity contribution in [3.8, 4) is 5.75 Å². The van der Waals surface area contributed by atoms with Crippen molar-refractivity contribution in [1.82, 2.24) is 4.90 Å². The topological polar surface area (TPSA) is 49.8 Å². The number of rotatable bonds is 1. The van der Waals surface area contributed by atoms with Crippen molar-refractivity contribution >= 4 is 5.91 Å². The fourth-order valence-electron chi connectivity index (χ4n) is 2.74. The van der Waals surface area contributed by atoms with E-state index < -0.39 is 0 Å². The first-order valence-corrected chi connectivity index (χ1v) is 6.44. The molecule has 0 bridgehead atoms. The second-order valence-electron chi connectivity index (χ2n) is 4.98. The molecule has 3 rings (SSSR count). The molecule has 1 fully saturated rings. The summed E-state index contributed by atoms with van der Waals surface area (Å²) < 4.78 is 5.54. The van der Waals surface area contributed by atoms with Crippen LogP contribution in [0.3, 0.4) is 0 Å². The van der Waals surface area contributed by atoms with Crippen LogP contribution < -0.4 is 4.74 Å². The smallest absolute Gasteiger partial charge is 0.233 e. The van der Waals surface area contributed by atoms with Gasteiger partial charge in [-0.05, 0) is 18.9 Å². The van der Waals surface area contributed by atoms with Gasteiger partial charge in [0.2, 0.25) is 5.91 Å². The number of hydrogen-bond acceptors (Lipinski definition) is 3. The molecule has 1 saturated heterocycles. The summed E-state index contributed by atoms with van der Waals surface area (Å²) in [7, 11) is 0. The number of nitrogens with zero attached hydrogens (tertiary/aromatic N) is 1. The van der Waals surface area contributed by atoms with Crippen LogP contribution >= 0.6 is 0 Å². The summed E-state index contributed by atoms with van der Waals surface area (Å²) in [6.45, 7) is 1.62. The SMILES string of the molecule is O=C(C1COc2ccccc21)N1CCC[C@H](O)C1. The van der Waals surface area contributed by atoms with Crippen LogP contribution in [0, 0.1) is 0 Å². The number of aliphatic hydroxyl groups is 1. The third kappa shape index (κ3) is 1.97. The van der Waals surface area contributed by atoms with Gasteiger partial charge in [0, 0.05) is 18.7 Å². The van der Waals surface area contributed by atoms with Gasteiger partial charge in [0.25, 0.3) is 0 Å². The van der Waals surface area contributed by atoms with E-state index in [4.69, 9.17) is 4.74 Å². The number of fused-ring (bicyclic) bond motifs is 1. The van der Waals surface area contributed by atoms with Crippen LogP contribution in [0.15, 0.2) is 24.3 Å². The summed E-state index contributed by atoms with van der Waals surface area (Å²) in [5, 5.41) is 9.64. The van der Waals surface area contributed by atoms with Crippen LogP contribution in [0.25, 0.3) is 0 Å². The van der Waals surface area contributed by atoms with Crippen LogP contribution in [0.5, 0.6) is 5.75 Å². The zero-order valence-corrected chi connectivity index (χ0v) is 10.2. The summed E-state index contributed by atoms with van der Waals surface area (Å²) >= 11 is 0. The molecule has 4 nitrogen and oxygen atoms in total. The second-order valence-corrected chi connectivity index (χ2v) is 4.98. The van der Waals surface area contributed by atoms with Crippen LogP contribution in [0.1, 0.15) is 24.3 Å². The average Bonchev–Trinajstić information content (AvgIpc) is 2.82. The highest BCUT2D eigenvalue weighted by atomic mass is 16.5. The number of ether oxygens (including phenoxy) is 1. The summed E-state index contributed by atoms with van der Waals surface area (Å²) in [4.78, 5) is 14.2. The normalized spacial score (nSPS) is 26.6. The largest absolute Gasteiger partial charge is 0.492 e. The van der Waals surface area contributed by atoms with Crippen LogP contribution in [-0.4, -0.2) is 41.7 Å². The molecule has 2 aliphatic rings. The molecule has 18 heavy (non-hydrogen) atoms. The zero-order chi connectivity index (χ0) is 12.5. The Morgan fingerprint density at radius 3 is 3.06 bits per heavy atom. The Morgan fingerprint density at radius 2 is 2.22 bits per heavy atom. The van der Waals surface area contributed by atoms with E-state index in [1.54, 1.807) is 4.90 Å². The number of β-amino-alcohol motifs (C(OH)–C–C–N with tert-alkyl or cyclic N) is 1. The third-order valence-corrected chi connectivity index (χ3v) is 3.71. The second kappa shape index (κ2) is 4.61. The summed E-state index contributed by atoms with van der Waals surface area (Å²) in [6, 6.07) is 7.69. The van der Waals surface area contributed by atoms with E-state index in [2.05, 4.69) is 0 Å². The highest BCUT2D eigenvalue weighted by Gasteiger charge is 2.34. The van der Waals surface area contributed by atoms with Gasteiger partial charge in [0.05, 0.1) is 6.10 Å². The molecule has 1 N–H and O–H groups in total. The fraction of sp³-hybridized carbons (Fsp3) is 0.500. The average molecular weight is 247 g/mol. The maximum atomic E-state index is 12.4. The summed E-state index contributed by atoms with van der Waals surface area (Å²) in [5.41, 5.74) is 0.975. The lowest BCUT2D eigenvalue weighted by Gasteiger charge is -2.31. The summed E-state index contributed by atoms with van der Waals surface area (Å²) in [6.07, 6.45) is 1.30. The molecule has 1 aromatic carbocycles. The van der Waals surface area contributed by atoms with Gasteiger partial charge in [-0.2, -0.15) is 0 Å². The van der Waals surface area contributed by atoms with Gasteiger partial charge < -0.3 is 14.7 Å². The van der Waals surface area contributed by atoms with E-state index in [9.17, 15) is 9.90 Å². The molecular formula is C14H17NO3. The molecule has 0 radical (unpaired) electrons. The van der Waals surface area contributed by atoms with Crippen molar-refractivity contribution in [3.05, 3.63) is 29.8 Å². The van der Waals surface area contributed by atoms with E-state index in [-0.39, 0.29) is 17.9 Å². The number of hydrogen-bond donors (Lipinski definition) is 1. The molecular weight excluding hydrogens is 230 g/mol. The minimum Gasteiger partial charge on any atom is -0.492 e. The van der Waals surface area contributed by atoms with Crippen molar-refractivity contribution < 1.29 is 14.6 Å². The van der Waals surface area contributed by atoms with Gasteiger partial charge >= 0.3 is 0 Å². The number of aliphatic hydroxyl groups excluding tert-OH is 1.